The fourth-order valence-corrected chi connectivity index (χ4v) is 3.41. The van der Waals surface area contributed by atoms with Gasteiger partial charge in [-0.25, -0.2) is 0 Å². The molecule has 1 aromatic rings. The van der Waals surface area contributed by atoms with Gasteiger partial charge in [0.15, 0.2) is 0 Å². The van der Waals surface area contributed by atoms with Gasteiger partial charge in [-0.15, -0.1) is 0 Å². The first-order valence-corrected chi connectivity index (χ1v) is 8.29. The molecule has 2 rings (SSSR count). The maximum Gasteiger partial charge on any atom is 0.224 e. The van der Waals surface area contributed by atoms with Crippen molar-refractivity contribution < 1.29 is 9.53 Å². The maximum atomic E-state index is 12.2. The Hall–Kier alpha value is -1.67. The Balaban J connectivity index is 1.76. The summed E-state index contributed by atoms with van der Waals surface area (Å²) in [6, 6.07) is 11.8. The Morgan fingerprint density at radius 1 is 1.52 bits per heavy atom. The summed E-state index contributed by atoms with van der Waals surface area (Å²) < 4.78 is 5.60. The Kier molecular flexibility index (Phi) is 5.51. The van der Waals surface area contributed by atoms with Crippen molar-refractivity contribution in [3.8, 4) is 11.8 Å². The number of benzene rings is 1. The third-order valence-electron chi connectivity index (χ3n) is 3.61. The standard InChI is InChI=1S/C16H20N2O2S/c1-13(7-9-20-14-5-3-2-4-6-14)15(19)18-16(11-17)8-10-21-12-16/h2-6,13H,7-10,12H2,1H3,(H,18,19)/t13-,16+/m0/s1. The van der Waals surface area contributed by atoms with Crippen LogP contribution in [-0.4, -0.2) is 29.6 Å². The van der Waals surface area contributed by atoms with Gasteiger partial charge in [0, 0.05) is 11.7 Å². The van der Waals surface area contributed by atoms with Gasteiger partial charge in [0.05, 0.1) is 12.7 Å². The number of hydrogen-bond donors (Lipinski definition) is 1. The predicted octanol–water partition coefficient (Wildman–Crippen LogP) is 2.61. The van der Waals surface area contributed by atoms with Crippen LogP contribution in [0.1, 0.15) is 19.8 Å². The minimum absolute atomic E-state index is 0.0595. The van der Waals surface area contributed by atoms with Crippen molar-refractivity contribution in [1.29, 1.82) is 5.26 Å². The van der Waals surface area contributed by atoms with E-state index in [1.807, 2.05) is 37.3 Å². The van der Waals surface area contributed by atoms with Crippen LogP contribution in [0, 0.1) is 17.2 Å². The first-order chi connectivity index (χ1) is 10.2. The molecule has 0 radical (unpaired) electrons. The van der Waals surface area contributed by atoms with Crippen LogP contribution in [0.15, 0.2) is 30.3 Å². The number of thioether (sulfide) groups is 1. The second-order valence-corrected chi connectivity index (χ2v) is 6.44. The number of amides is 1. The molecule has 112 valence electrons. The number of rotatable bonds is 6. The Labute approximate surface area is 129 Å². The monoisotopic (exact) mass is 304 g/mol. The van der Waals surface area contributed by atoms with E-state index >= 15 is 0 Å². The van der Waals surface area contributed by atoms with Crippen molar-refractivity contribution in [3.05, 3.63) is 30.3 Å². The molecule has 1 fully saturated rings. The zero-order valence-electron chi connectivity index (χ0n) is 12.2. The van der Waals surface area contributed by atoms with Crippen LogP contribution in [0.4, 0.5) is 0 Å². The van der Waals surface area contributed by atoms with E-state index in [0.29, 0.717) is 18.8 Å². The Bertz CT molecular complexity index is 507. The van der Waals surface area contributed by atoms with Gasteiger partial charge >= 0.3 is 0 Å². The molecule has 0 aromatic heterocycles. The second kappa shape index (κ2) is 7.37. The van der Waals surface area contributed by atoms with Crippen LogP contribution in [0.3, 0.4) is 0 Å². The first-order valence-electron chi connectivity index (χ1n) is 7.14. The highest BCUT2D eigenvalue weighted by Crippen LogP contribution is 2.27. The number of ether oxygens (including phenoxy) is 1. The molecule has 21 heavy (non-hydrogen) atoms. The Morgan fingerprint density at radius 2 is 2.29 bits per heavy atom. The molecule has 1 aromatic carbocycles. The maximum absolute atomic E-state index is 12.2. The molecule has 0 saturated carbocycles. The average molecular weight is 304 g/mol. The summed E-state index contributed by atoms with van der Waals surface area (Å²) in [7, 11) is 0. The van der Waals surface area contributed by atoms with Crippen LogP contribution in [0.25, 0.3) is 0 Å². The smallest absolute Gasteiger partial charge is 0.224 e. The predicted molar refractivity (Wildman–Crippen MR) is 84.1 cm³/mol. The quantitative estimate of drug-likeness (QED) is 0.877. The molecule has 1 N–H and O–H groups in total. The fourth-order valence-electron chi connectivity index (χ4n) is 2.14. The first kappa shape index (κ1) is 15.7. The van der Waals surface area contributed by atoms with Crippen molar-refractivity contribution in [1.82, 2.24) is 5.32 Å². The van der Waals surface area contributed by atoms with Crippen molar-refractivity contribution in [2.45, 2.75) is 25.3 Å². The van der Waals surface area contributed by atoms with Gasteiger partial charge in [-0.05, 0) is 30.7 Å². The van der Waals surface area contributed by atoms with E-state index in [0.717, 1.165) is 17.9 Å². The number of nitrogens with one attached hydrogen (secondary N) is 1. The summed E-state index contributed by atoms with van der Waals surface area (Å²) in [6.07, 6.45) is 1.36. The van der Waals surface area contributed by atoms with E-state index in [-0.39, 0.29) is 11.8 Å². The summed E-state index contributed by atoms with van der Waals surface area (Å²) in [5.41, 5.74) is -0.670. The molecule has 1 heterocycles. The lowest BCUT2D eigenvalue weighted by atomic mass is 9.99. The van der Waals surface area contributed by atoms with Crippen molar-refractivity contribution in [3.63, 3.8) is 0 Å². The number of carbonyl (C=O) groups is 1. The molecule has 1 saturated heterocycles. The molecule has 1 amide bonds. The van der Waals surface area contributed by atoms with Gasteiger partial charge in [-0.2, -0.15) is 17.0 Å². The fraction of sp³-hybridized carbons (Fsp3) is 0.500. The SMILES string of the molecule is C[C@@H](CCOc1ccccc1)C(=O)N[C@@]1(C#N)CCSC1. The van der Waals surface area contributed by atoms with Gasteiger partial charge in [0.1, 0.15) is 11.3 Å². The molecule has 0 spiro atoms. The van der Waals surface area contributed by atoms with Crippen LogP contribution in [0.5, 0.6) is 5.75 Å². The lowest BCUT2D eigenvalue weighted by Gasteiger charge is -2.23. The van der Waals surface area contributed by atoms with E-state index < -0.39 is 5.54 Å². The van der Waals surface area contributed by atoms with Gasteiger partial charge < -0.3 is 10.1 Å². The minimum Gasteiger partial charge on any atom is -0.494 e. The second-order valence-electron chi connectivity index (χ2n) is 5.34. The van der Waals surface area contributed by atoms with Crippen LogP contribution in [0.2, 0.25) is 0 Å². The molecular weight excluding hydrogens is 284 g/mol. The highest BCUT2D eigenvalue weighted by molar-refractivity contribution is 7.99. The number of nitriles is 1. The van der Waals surface area contributed by atoms with E-state index in [9.17, 15) is 10.1 Å². The molecule has 0 bridgehead atoms. The molecule has 4 nitrogen and oxygen atoms in total. The van der Waals surface area contributed by atoms with Gasteiger partial charge in [-0.3, -0.25) is 4.79 Å². The minimum atomic E-state index is -0.670. The van der Waals surface area contributed by atoms with Gasteiger partial charge in [-0.1, -0.05) is 25.1 Å². The lowest BCUT2D eigenvalue weighted by Crippen LogP contribution is -2.49. The number of nitrogens with zero attached hydrogens (tertiary/aromatic N) is 1. The molecule has 5 heteroatoms. The average Bonchev–Trinajstić information content (AvgIpc) is 2.97. The van der Waals surface area contributed by atoms with E-state index in [4.69, 9.17) is 4.74 Å². The van der Waals surface area contributed by atoms with Gasteiger partial charge in [0.25, 0.3) is 0 Å². The Morgan fingerprint density at radius 3 is 2.90 bits per heavy atom. The molecule has 1 aliphatic rings. The summed E-state index contributed by atoms with van der Waals surface area (Å²) >= 11 is 1.71. The molecule has 2 atom stereocenters. The summed E-state index contributed by atoms with van der Waals surface area (Å²) in [6.45, 7) is 2.36. The normalized spacial score (nSPS) is 22.3. The van der Waals surface area contributed by atoms with Crippen LogP contribution < -0.4 is 10.1 Å². The third kappa shape index (κ3) is 4.40. The van der Waals surface area contributed by atoms with E-state index in [1.165, 1.54) is 0 Å². The molecular formula is C16H20N2O2S. The van der Waals surface area contributed by atoms with Crippen molar-refractivity contribution in [2.75, 3.05) is 18.1 Å². The van der Waals surface area contributed by atoms with Gasteiger partial charge in [0.2, 0.25) is 5.91 Å². The summed E-state index contributed by atoms with van der Waals surface area (Å²) in [4.78, 5) is 12.2. The summed E-state index contributed by atoms with van der Waals surface area (Å²) in [5.74, 6) is 2.20. The molecule has 1 aliphatic heterocycles. The highest BCUT2D eigenvalue weighted by Gasteiger charge is 2.36. The topological polar surface area (TPSA) is 62.1 Å². The molecule has 0 unspecified atom stereocenters. The zero-order chi connectivity index (χ0) is 15.1. The highest BCUT2D eigenvalue weighted by atomic mass is 32.2. The van der Waals surface area contributed by atoms with Crippen molar-refractivity contribution >= 4 is 17.7 Å². The largest absolute Gasteiger partial charge is 0.494 e. The number of para-hydroxylation sites is 1. The third-order valence-corrected chi connectivity index (χ3v) is 4.80. The lowest BCUT2D eigenvalue weighted by molar-refractivity contribution is -0.126. The van der Waals surface area contributed by atoms with Crippen molar-refractivity contribution in [2.24, 2.45) is 5.92 Å². The van der Waals surface area contributed by atoms with E-state index in [2.05, 4.69) is 11.4 Å². The number of hydrogen-bond acceptors (Lipinski definition) is 4. The number of carbonyl (C=O) groups excluding carboxylic acids is 1. The zero-order valence-corrected chi connectivity index (χ0v) is 13.0. The van der Waals surface area contributed by atoms with Crippen LogP contribution in [-0.2, 0) is 4.79 Å². The van der Waals surface area contributed by atoms with Crippen LogP contribution >= 0.6 is 11.8 Å². The van der Waals surface area contributed by atoms with E-state index in [1.54, 1.807) is 11.8 Å². The molecule has 0 aliphatic carbocycles. The summed E-state index contributed by atoms with van der Waals surface area (Å²) in [5, 5.41) is 12.2.